The molecule has 8 atom stereocenters. The van der Waals surface area contributed by atoms with Crippen LogP contribution in [0.2, 0.25) is 0 Å². The molecule has 0 bridgehead atoms. The highest BCUT2D eigenvalue weighted by Crippen LogP contribution is 2.66. The van der Waals surface area contributed by atoms with Crippen molar-refractivity contribution in [1.29, 1.82) is 0 Å². The molecule has 0 aromatic carbocycles. The summed E-state index contributed by atoms with van der Waals surface area (Å²) >= 11 is 0. The van der Waals surface area contributed by atoms with E-state index in [0.29, 0.717) is 54.9 Å². The minimum Gasteiger partial charge on any atom is -0.396 e. The molecule has 0 radical (unpaired) electrons. The molecule has 4 rings (SSSR count). The van der Waals surface area contributed by atoms with E-state index in [2.05, 4.69) is 20.8 Å². The third-order valence-electron chi connectivity index (χ3n) is 9.72. The van der Waals surface area contributed by atoms with Gasteiger partial charge in [0.2, 0.25) is 0 Å². The Morgan fingerprint density at radius 1 is 1.07 bits per heavy atom. The van der Waals surface area contributed by atoms with Crippen molar-refractivity contribution in [2.45, 2.75) is 78.6 Å². The van der Waals surface area contributed by atoms with Crippen LogP contribution < -0.4 is 0 Å². The van der Waals surface area contributed by atoms with Gasteiger partial charge in [0.05, 0.1) is 0 Å². The van der Waals surface area contributed by atoms with Crippen LogP contribution in [-0.2, 0) is 14.4 Å². The van der Waals surface area contributed by atoms with Crippen molar-refractivity contribution < 1.29 is 19.5 Å². The predicted octanol–water partition coefficient (Wildman–Crippen LogP) is 3.98. The number of carbonyl (C=O) groups is 3. The van der Waals surface area contributed by atoms with Gasteiger partial charge in [0.1, 0.15) is 17.3 Å². The van der Waals surface area contributed by atoms with Crippen molar-refractivity contribution in [3.05, 3.63) is 0 Å². The quantitative estimate of drug-likeness (QED) is 0.791. The highest BCUT2D eigenvalue weighted by atomic mass is 16.3. The van der Waals surface area contributed by atoms with Crippen LogP contribution in [0.25, 0.3) is 0 Å². The molecule has 4 fully saturated rings. The third kappa shape index (κ3) is 2.77. The lowest BCUT2D eigenvalue weighted by atomic mass is 9.44. The molecule has 0 aromatic rings. The molecule has 4 saturated carbocycles. The summed E-state index contributed by atoms with van der Waals surface area (Å²) in [5, 5.41) is 9.22. The monoisotopic (exact) mass is 388 g/mol. The predicted molar refractivity (Wildman–Crippen MR) is 106 cm³/mol. The second-order valence-corrected chi connectivity index (χ2v) is 10.8. The first-order valence-electron chi connectivity index (χ1n) is 11.4. The van der Waals surface area contributed by atoms with Crippen molar-refractivity contribution in [3.8, 4) is 0 Å². The molecule has 4 aliphatic carbocycles. The number of carbonyl (C=O) groups excluding carboxylic acids is 3. The molecule has 156 valence electrons. The standard InChI is InChI=1S/C24H36O4/c1-14(5-4-10-25)17-6-7-18-22-19(13-21(28)24(17,18)3)23(2)9-8-16(26)11-15(23)12-20(22)27/h14-15,17-19,22,25H,4-13H2,1-3H3/t14-,15?,17?,18?,19?,22?,23?,24?/m1/s1. The van der Waals surface area contributed by atoms with Crippen LogP contribution in [-0.4, -0.2) is 29.1 Å². The van der Waals surface area contributed by atoms with Crippen LogP contribution in [0.5, 0.6) is 0 Å². The highest BCUT2D eigenvalue weighted by Gasteiger charge is 2.66. The van der Waals surface area contributed by atoms with Crippen LogP contribution in [0.1, 0.15) is 78.6 Å². The molecule has 4 aliphatic rings. The van der Waals surface area contributed by atoms with Crippen LogP contribution in [0.15, 0.2) is 0 Å². The van der Waals surface area contributed by atoms with E-state index in [0.717, 1.165) is 32.1 Å². The lowest BCUT2D eigenvalue weighted by Gasteiger charge is -2.58. The van der Waals surface area contributed by atoms with E-state index in [4.69, 9.17) is 0 Å². The van der Waals surface area contributed by atoms with Crippen molar-refractivity contribution in [1.82, 2.24) is 0 Å². The van der Waals surface area contributed by atoms with Crippen LogP contribution in [0.4, 0.5) is 0 Å². The number of aliphatic hydroxyl groups is 1. The zero-order valence-electron chi connectivity index (χ0n) is 17.7. The van der Waals surface area contributed by atoms with Gasteiger partial charge in [-0.05, 0) is 67.1 Å². The number of rotatable bonds is 4. The van der Waals surface area contributed by atoms with Crippen LogP contribution in [0, 0.1) is 46.3 Å². The maximum Gasteiger partial charge on any atom is 0.139 e. The first-order valence-corrected chi connectivity index (χ1v) is 11.4. The Hall–Kier alpha value is -1.03. The highest BCUT2D eigenvalue weighted by molar-refractivity contribution is 5.93. The Morgan fingerprint density at radius 3 is 2.54 bits per heavy atom. The smallest absolute Gasteiger partial charge is 0.139 e. The van der Waals surface area contributed by atoms with E-state index in [1.165, 1.54) is 0 Å². The molecule has 0 spiro atoms. The van der Waals surface area contributed by atoms with E-state index in [9.17, 15) is 19.5 Å². The van der Waals surface area contributed by atoms with Gasteiger partial charge in [0, 0.05) is 43.6 Å². The number of fused-ring (bicyclic) bond motifs is 5. The fourth-order valence-corrected chi connectivity index (χ4v) is 8.00. The largest absolute Gasteiger partial charge is 0.396 e. The third-order valence-corrected chi connectivity index (χ3v) is 9.72. The molecule has 4 heteroatoms. The first kappa shape index (κ1) is 20.3. The topological polar surface area (TPSA) is 71.4 Å². The van der Waals surface area contributed by atoms with Gasteiger partial charge in [-0.3, -0.25) is 14.4 Å². The Labute approximate surface area is 168 Å². The van der Waals surface area contributed by atoms with Gasteiger partial charge < -0.3 is 5.11 Å². The van der Waals surface area contributed by atoms with E-state index >= 15 is 0 Å². The molecule has 0 saturated heterocycles. The molecular formula is C24H36O4. The summed E-state index contributed by atoms with van der Waals surface area (Å²) in [5.41, 5.74) is -0.427. The summed E-state index contributed by atoms with van der Waals surface area (Å²) in [4.78, 5) is 39.0. The number of ketones is 3. The second-order valence-electron chi connectivity index (χ2n) is 10.8. The maximum absolute atomic E-state index is 13.6. The molecule has 28 heavy (non-hydrogen) atoms. The lowest BCUT2D eigenvalue weighted by molar-refractivity contribution is -0.166. The Balaban J connectivity index is 1.65. The van der Waals surface area contributed by atoms with Gasteiger partial charge >= 0.3 is 0 Å². The molecular weight excluding hydrogens is 352 g/mol. The minimum atomic E-state index is -0.390. The van der Waals surface area contributed by atoms with Crippen LogP contribution in [0.3, 0.4) is 0 Å². The van der Waals surface area contributed by atoms with Crippen molar-refractivity contribution in [3.63, 3.8) is 0 Å². The van der Waals surface area contributed by atoms with Gasteiger partial charge in [-0.25, -0.2) is 0 Å². The molecule has 0 heterocycles. The molecule has 0 aromatic heterocycles. The molecule has 0 aliphatic heterocycles. The molecule has 1 N–H and O–H groups in total. The van der Waals surface area contributed by atoms with Gasteiger partial charge in [-0.2, -0.15) is 0 Å². The average molecular weight is 389 g/mol. The SMILES string of the molecule is C[C@H](CCCO)C1CCC2C3C(=O)CC4CC(=O)CCC4(C)C3CC(=O)C21C. The number of hydrogen-bond donors (Lipinski definition) is 1. The lowest BCUT2D eigenvalue weighted by Crippen LogP contribution is -2.60. The van der Waals surface area contributed by atoms with Gasteiger partial charge in [-0.15, -0.1) is 0 Å². The van der Waals surface area contributed by atoms with E-state index in [-0.39, 0.29) is 41.1 Å². The second kappa shape index (κ2) is 7.04. The zero-order chi connectivity index (χ0) is 20.3. The Morgan fingerprint density at radius 2 is 1.82 bits per heavy atom. The van der Waals surface area contributed by atoms with E-state index in [1.54, 1.807) is 0 Å². The molecule has 0 amide bonds. The van der Waals surface area contributed by atoms with Gasteiger partial charge in [0.25, 0.3) is 0 Å². The Kier molecular flexibility index (Phi) is 5.09. The summed E-state index contributed by atoms with van der Waals surface area (Å²) in [5.74, 6) is 2.15. The zero-order valence-corrected chi connectivity index (χ0v) is 17.7. The average Bonchev–Trinajstić information content (AvgIpc) is 3.01. The normalized spacial score (nSPS) is 46.7. The summed E-state index contributed by atoms with van der Waals surface area (Å²) < 4.78 is 0. The van der Waals surface area contributed by atoms with E-state index in [1.807, 2.05) is 0 Å². The number of aliphatic hydroxyl groups excluding tert-OH is 1. The molecule has 7 unspecified atom stereocenters. The Bertz CT molecular complexity index is 684. The first-order chi connectivity index (χ1) is 13.2. The van der Waals surface area contributed by atoms with Crippen molar-refractivity contribution >= 4 is 17.3 Å². The number of Topliss-reactive ketones (excluding diaryl/α,β-unsaturated/α-hetero) is 3. The van der Waals surface area contributed by atoms with Gasteiger partial charge in [-0.1, -0.05) is 20.8 Å². The fourth-order valence-electron chi connectivity index (χ4n) is 8.00. The summed E-state index contributed by atoms with van der Waals surface area (Å²) in [7, 11) is 0. The summed E-state index contributed by atoms with van der Waals surface area (Å²) in [6.07, 6.45) is 6.77. The summed E-state index contributed by atoms with van der Waals surface area (Å²) in [6.45, 7) is 6.84. The van der Waals surface area contributed by atoms with Crippen molar-refractivity contribution in [2.75, 3.05) is 6.61 Å². The maximum atomic E-state index is 13.6. The van der Waals surface area contributed by atoms with Gasteiger partial charge in [0.15, 0.2) is 0 Å². The number of hydrogen-bond acceptors (Lipinski definition) is 4. The van der Waals surface area contributed by atoms with Crippen molar-refractivity contribution in [2.24, 2.45) is 46.3 Å². The van der Waals surface area contributed by atoms with E-state index < -0.39 is 0 Å². The summed E-state index contributed by atoms with van der Waals surface area (Å²) in [6, 6.07) is 0. The minimum absolute atomic E-state index is 0.00666. The fraction of sp³-hybridized carbons (Fsp3) is 0.875. The molecule has 4 nitrogen and oxygen atoms in total. The van der Waals surface area contributed by atoms with Crippen LogP contribution >= 0.6 is 0 Å².